The first-order chi connectivity index (χ1) is 10.5. The number of phenolic OH excluding ortho intramolecular Hbond substituents is 1. The van der Waals surface area contributed by atoms with Crippen molar-refractivity contribution in [2.24, 2.45) is 0 Å². The maximum absolute atomic E-state index is 12.4. The molecule has 0 aromatic heterocycles. The predicted octanol–water partition coefficient (Wildman–Crippen LogP) is 3.64. The normalized spacial score (nSPS) is 10.5. The van der Waals surface area contributed by atoms with E-state index in [1.165, 1.54) is 12.1 Å². The van der Waals surface area contributed by atoms with Gasteiger partial charge in [0.1, 0.15) is 11.5 Å². The third-order valence-corrected chi connectivity index (χ3v) is 3.08. The van der Waals surface area contributed by atoms with E-state index in [0.29, 0.717) is 11.3 Å². The third-order valence-electron chi connectivity index (χ3n) is 3.08. The van der Waals surface area contributed by atoms with Crippen LogP contribution in [0.2, 0.25) is 0 Å². The number of aromatic hydroxyl groups is 1. The second-order valence-corrected chi connectivity index (χ2v) is 5.20. The van der Waals surface area contributed by atoms with Crippen LogP contribution in [0.1, 0.15) is 41.0 Å². The van der Waals surface area contributed by atoms with E-state index in [1.807, 2.05) is 13.8 Å². The van der Waals surface area contributed by atoms with Gasteiger partial charge in [-0.15, -0.1) is 0 Å². The van der Waals surface area contributed by atoms with Crippen LogP contribution in [-0.2, 0) is 0 Å². The number of ether oxygens (including phenoxy) is 1. The number of hydrogen-bond donors (Lipinski definition) is 1. The number of carbonyl (C=O) groups is 2. The van der Waals surface area contributed by atoms with Crippen molar-refractivity contribution in [3.8, 4) is 11.5 Å². The van der Waals surface area contributed by atoms with Crippen molar-refractivity contribution in [2.75, 3.05) is 0 Å². The molecule has 0 saturated heterocycles. The van der Waals surface area contributed by atoms with Crippen molar-refractivity contribution in [1.29, 1.82) is 0 Å². The molecule has 0 radical (unpaired) electrons. The van der Waals surface area contributed by atoms with Crippen LogP contribution in [0.15, 0.2) is 48.5 Å². The minimum Gasteiger partial charge on any atom is -0.507 e. The third kappa shape index (κ3) is 3.73. The van der Waals surface area contributed by atoms with Crippen LogP contribution < -0.4 is 4.74 Å². The summed E-state index contributed by atoms with van der Waals surface area (Å²) in [7, 11) is 0. The maximum Gasteiger partial charge on any atom is 0.174 e. The summed E-state index contributed by atoms with van der Waals surface area (Å²) in [6, 6.07) is 13.0. The van der Waals surface area contributed by atoms with Crippen molar-refractivity contribution >= 4 is 11.6 Å². The predicted molar refractivity (Wildman–Crippen MR) is 83.6 cm³/mol. The van der Waals surface area contributed by atoms with E-state index in [-0.39, 0.29) is 29.6 Å². The lowest BCUT2D eigenvalue weighted by atomic mass is 10.0. The summed E-state index contributed by atoms with van der Waals surface area (Å²) in [5, 5.41) is 9.68. The van der Waals surface area contributed by atoms with Gasteiger partial charge in [0.2, 0.25) is 0 Å². The molecule has 0 unspecified atom stereocenters. The summed E-state index contributed by atoms with van der Waals surface area (Å²) in [4.78, 5) is 24.5. The Labute approximate surface area is 129 Å². The van der Waals surface area contributed by atoms with Crippen LogP contribution in [0.5, 0.6) is 11.5 Å². The van der Waals surface area contributed by atoms with E-state index in [2.05, 4.69) is 0 Å². The number of phenols is 1. The van der Waals surface area contributed by atoms with Gasteiger partial charge in [-0.3, -0.25) is 9.59 Å². The van der Waals surface area contributed by atoms with Crippen LogP contribution in [0.3, 0.4) is 0 Å². The summed E-state index contributed by atoms with van der Waals surface area (Å²) >= 11 is 0. The molecule has 2 aromatic carbocycles. The number of hydrogen-bond acceptors (Lipinski definition) is 4. The molecular weight excluding hydrogens is 280 g/mol. The van der Waals surface area contributed by atoms with E-state index in [4.69, 9.17) is 4.74 Å². The van der Waals surface area contributed by atoms with Crippen LogP contribution in [0, 0.1) is 0 Å². The van der Waals surface area contributed by atoms with Crippen molar-refractivity contribution in [3.63, 3.8) is 0 Å². The number of para-hydroxylation sites is 2. The van der Waals surface area contributed by atoms with Crippen LogP contribution in [0.4, 0.5) is 0 Å². The average molecular weight is 298 g/mol. The molecule has 0 amide bonds. The van der Waals surface area contributed by atoms with E-state index >= 15 is 0 Å². The van der Waals surface area contributed by atoms with Gasteiger partial charge in [0.05, 0.1) is 23.7 Å². The fraction of sp³-hybridized carbons (Fsp3) is 0.222. The Morgan fingerprint density at radius 3 is 2.14 bits per heavy atom. The van der Waals surface area contributed by atoms with Crippen molar-refractivity contribution in [3.05, 3.63) is 59.7 Å². The Balaban J connectivity index is 2.19. The van der Waals surface area contributed by atoms with Crippen LogP contribution >= 0.6 is 0 Å². The van der Waals surface area contributed by atoms with Crippen molar-refractivity contribution in [2.45, 2.75) is 26.4 Å². The Hall–Kier alpha value is -2.62. The number of benzene rings is 2. The Kier molecular flexibility index (Phi) is 4.94. The highest BCUT2D eigenvalue weighted by atomic mass is 16.5. The molecule has 0 spiro atoms. The second kappa shape index (κ2) is 6.89. The Morgan fingerprint density at radius 2 is 1.50 bits per heavy atom. The molecule has 2 aromatic rings. The first kappa shape index (κ1) is 15.8. The zero-order valence-electron chi connectivity index (χ0n) is 12.6. The minimum absolute atomic E-state index is 0.0668. The smallest absolute Gasteiger partial charge is 0.174 e. The molecule has 0 aliphatic rings. The molecule has 1 N–H and O–H groups in total. The quantitative estimate of drug-likeness (QED) is 0.653. The molecule has 4 heteroatoms. The van der Waals surface area contributed by atoms with Crippen LogP contribution in [-0.4, -0.2) is 22.8 Å². The van der Waals surface area contributed by atoms with Gasteiger partial charge in [-0.05, 0) is 38.1 Å². The lowest BCUT2D eigenvalue weighted by Gasteiger charge is -2.13. The molecule has 0 heterocycles. The Bertz CT molecular complexity index is 689. The van der Waals surface area contributed by atoms with Gasteiger partial charge < -0.3 is 9.84 Å². The number of carbonyl (C=O) groups excluding carboxylic acids is 2. The highest BCUT2D eigenvalue weighted by Crippen LogP contribution is 2.23. The lowest BCUT2D eigenvalue weighted by molar-refractivity contribution is 0.0890. The lowest BCUT2D eigenvalue weighted by Crippen LogP contribution is -2.13. The SMILES string of the molecule is CC(C)Oc1ccccc1C(=O)CC(=O)c1ccccc1O. The average Bonchev–Trinajstić information content (AvgIpc) is 2.47. The first-order valence-electron chi connectivity index (χ1n) is 7.09. The maximum atomic E-state index is 12.4. The van der Waals surface area contributed by atoms with Crippen molar-refractivity contribution in [1.82, 2.24) is 0 Å². The number of rotatable bonds is 6. The zero-order valence-corrected chi connectivity index (χ0v) is 12.6. The standard InChI is InChI=1S/C18H18O4/c1-12(2)22-18-10-6-4-8-14(18)17(21)11-16(20)13-7-3-5-9-15(13)19/h3-10,12,19H,11H2,1-2H3. The number of Topliss-reactive ketones (excluding diaryl/α,β-unsaturated/α-hetero) is 2. The summed E-state index contributed by atoms with van der Waals surface area (Å²) in [5.41, 5.74) is 0.526. The van der Waals surface area contributed by atoms with Gasteiger partial charge in [-0.1, -0.05) is 24.3 Å². The largest absolute Gasteiger partial charge is 0.507 e. The first-order valence-corrected chi connectivity index (χ1v) is 7.09. The molecule has 0 aliphatic heterocycles. The molecule has 0 bridgehead atoms. The minimum atomic E-state index is -0.414. The summed E-state index contributed by atoms with van der Waals surface area (Å²) in [6.07, 6.45) is -0.376. The van der Waals surface area contributed by atoms with Gasteiger partial charge >= 0.3 is 0 Å². The molecule has 22 heavy (non-hydrogen) atoms. The summed E-state index contributed by atoms with van der Waals surface area (Å²) < 4.78 is 5.60. The molecule has 2 rings (SSSR count). The van der Waals surface area contributed by atoms with E-state index < -0.39 is 5.78 Å². The van der Waals surface area contributed by atoms with Gasteiger partial charge in [-0.25, -0.2) is 0 Å². The number of ketones is 2. The zero-order chi connectivity index (χ0) is 16.1. The van der Waals surface area contributed by atoms with Crippen LogP contribution in [0.25, 0.3) is 0 Å². The van der Waals surface area contributed by atoms with Gasteiger partial charge in [0, 0.05) is 0 Å². The van der Waals surface area contributed by atoms with E-state index in [1.54, 1.807) is 36.4 Å². The van der Waals surface area contributed by atoms with E-state index in [0.717, 1.165) is 0 Å². The monoisotopic (exact) mass is 298 g/mol. The topological polar surface area (TPSA) is 63.6 Å². The molecule has 114 valence electrons. The molecule has 0 saturated carbocycles. The highest BCUT2D eigenvalue weighted by molar-refractivity contribution is 6.15. The fourth-order valence-corrected chi connectivity index (χ4v) is 2.10. The van der Waals surface area contributed by atoms with Gasteiger partial charge in [0.25, 0.3) is 0 Å². The molecule has 4 nitrogen and oxygen atoms in total. The summed E-state index contributed by atoms with van der Waals surface area (Å²) in [6.45, 7) is 3.74. The molecular formula is C18H18O4. The molecule has 0 atom stereocenters. The molecule has 0 fully saturated rings. The molecule has 0 aliphatic carbocycles. The highest BCUT2D eigenvalue weighted by Gasteiger charge is 2.19. The summed E-state index contributed by atoms with van der Waals surface area (Å²) in [5.74, 6) is -0.397. The second-order valence-electron chi connectivity index (χ2n) is 5.20. The van der Waals surface area contributed by atoms with E-state index in [9.17, 15) is 14.7 Å². The van der Waals surface area contributed by atoms with Gasteiger partial charge in [-0.2, -0.15) is 0 Å². The van der Waals surface area contributed by atoms with Crippen molar-refractivity contribution < 1.29 is 19.4 Å². The Morgan fingerprint density at radius 1 is 0.955 bits per heavy atom. The fourth-order valence-electron chi connectivity index (χ4n) is 2.10. The van der Waals surface area contributed by atoms with Gasteiger partial charge in [0.15, 0.2) is 11.6 Å².